The third-order valence-electron chi connectivity index (χ3n) is 4.84. The third-order valence-corrected chi connectivity index (χ3v) is 4.84. The van der Waals surface area contributed by atoms with Gasteiger partial charge < -0.3 is 10.1 Å². The second-order valence-electron chi connectivity index (χ2n) is 6.75. The van der Waals surface area contributed by atoms with Gasteiger partial charge in [0, 0.05) is 17.8 Å². The molecule has 1 N–H and O–H groups in total. The van der Waals surface area contributed by atoms with Crippen molar-refractivity contribution in [3.05, 3.63) is 59.3 Å². The molecule has 0 bridgehead atoms. The molecule has 2 aliphatic rings. The number of ether oxygens (including phenoxy) is 1. The second kappa shape index (κ2) is 6.63. The van der Waals surface area contributed by atoms with Crippen molar-refractivity contribution in [1.82, 2.24) is 10.3 Å². The first-order valence-electron chi connectivity index (χ1n) is 8.77. The zero-order valence-corrected chi connectivity index (χ0v) is 13.7. The lowest BCUT2D eigenvalue weighted by Gasteiger charge is -2.26. The van der Waals surface area contributed by atoms with Crippen LogP contribution in [-0.2, 0) is 6.42 Å². The van der Waals surface area contributed by atoms with Crippen LogP contribution in [0.15, 0.2) is 42.6 Å². The Balaban J connectivity index is 1.45. The standard InChI is InChI=1S/C20H22N2O2/c23-20(16-10-11-21-19(12-16)24-13-14-8-9-14)22-18-7-3-5-15-4-1-2-6-17(15)18/h1-2,4,6,10-12,14,18H,3,5,7-9,13H2,(H,22,23). The maximum absolute atomic E-state index is 12.6. The van der Waals surface area contributed by atoms with E-state index >= 15 is 0 Å². The third kappa shape index (κ3) is 3.42. The van der Waals surface area contributed by atoms with Crippen molar-refractivity contribution in [2.24, 2.45) is 5.92 Å². The Labute approximate surface area is 142 Å². The Hall–Kier alpha value is -2.36. The van der Waals surface area contributed by atoms with Gasteiger partial charge in [-0.1, -0.05) is 24.3 Å². The average Bonchev–Trinajstić information content (AvgIpc) is 3.45. The van der Waals surface area contributed by atoms with E-state index in [1.807, 2.05) is 6.07 Å². The van der Waals surface area contributed by atoms with E-state index in [1.54, 1.807) is 18.3 Å². The Morgan fingerprint density at radius 2 is 2.08 bits per heavy atom. The van der Waals surface area contributed by atoms with Gasteiger partial charge >= 0.3 is 0 Å². The molecule has 1 aromatic carbocycles. The number of pyridine rings is 1. The van der Waals surface area contributed by atoms with Crippen LogP contribution >= 0.6 is 0 Å². The van der Waals surface area contributed by atoms with Crippen LogP contribution in [0.5, 0.6) is 5.88 Å². The minimum atomic E-state index is -0.0598. The highest BCUT2D eigenvalue weighted by molar-refractivity contribution is 5.94. The van der Waals surface area contributed by atoms with Gasteiger partial charge in [0.05, 0.1) is 12.6 Å². The molecule has 1 heterocycles. The number of aromatic nitrogens is 1. The van der Waals surface area contributed by atoms with Gasteiger partial charge in [-0.2, -0.15) is 0 Å². The van der Waals surface area contributed by atoms with Gasteiger partial charge in [0.25, 0.3) is 5.91 Å². The number of benzene rings is 1. The minimum Gasteiger partial charge on any atom is -0.477 e. The van der Waals surface area contributed by atoms with E-state index in [1.165, 1.54) is 24.0 Å². The van der Waals surface area contributed by atoms with Gasteiger partial charge in [-0.25, -0.2) is 4.98 Å². The zero-order valence-electron chi connectivity index (χ0n) is 13.7. The number of nitrogens with one attached hydrogen (secondary N) is 1. The number of hydrogen-bond donors (Lipinski definition) is 1. The van der Waals surface area contributed by atoms with Crippen LogP contribution in [-0.4, -0.2) is 17.5 Å². The highest BCUT2D eigenvalue weighted by Crippen LogP contribution is 2.30. The molecular weight excluding hydrogens is 300 g/mol. The highest BCUT2D eigenvalue weighted by atomic mass is 16.5. The van der Waals surface area contributed by atoms with Crippen molar-refractivity contribution >= 4 is 5.91 Å². The molecule has 0 radical (unpaired) electrons. The lowest BCUT2D eigenvalue weighted by Crippen LogP contribution is -2.31. The van der Waals surface area contributed by atoms with E-state index < -0.39 is 0 Å². The number of rotatable bonds is 5. The number of carbonyl (C=O) groups is 1. The van der Waals surface area contributed by atoms with Crippen molar-refractivity contribution in [3.8, 4) is 5.88 Å². The van der Waals surface area contributed by atoms with Crippen molar-refractivity contribution in [3.63, 3.8) is 0 Å². The summed E-state index contributed by atoms with van der Waals surface area (Å²) in [6.45, 7) is 0.702. The van der Waals surface area contributed by atoms with Crippen LogP contribution in [0, 0.1) is 5.92 Å². The monoisotopic (exact) mass is 322 g/mol. The lowest BCUT2D eigenvalue weighted by atomic mass is 9.87. The molecular formula is C20H22N2O2. The van der Waals surface area contributed by atoms with Crippen LogP contribution in [0.4, 0.5) is 0 Å². The number of hydrogen-bond acceptors (Lipinski definition) is 3. The maximum Gasteiger partial charge on any atom is 0.252 e. The number of aryl methyl sites for hydroxylation is 1. The minimum absolute atomic E-state index is 0.0598. The Bertz CT molecular complexity index is 740. The Kier molecular flexibility index (Phi) is 4.20. The van der Waals surface area contributed by atoms with Crippen molar-refractivity contribution < 1.29 is 9.53 Å². The number of fused-ring (bicyclic) bond motifs is 1. The first kappa shape index (κ1) is 15.2. The van der Waals surface area contributed by atoms with Crippen LogP contribution in [0.2, 0.25) is 0 Å². The largest absolute Gasteiger partial charge is 0.477 e. The zero-order chi connectivity index (χ0) is 16.4. The summed E-state index contributed by atoms with van der Waals surface area (Å²) in [4.78, 5) is 16.8. The number of nitrogens with zero attached hydrogens (tertiary/aromatic N) is 1. The summed E-state index contributed by atoms with van der Waals surface area (Å²) < 4.78 is 5.68. The summed E-state index contributed by atoms with van der Waals surface area (Å²) in [6, 6.07) is 12.0. The molecule has 1 aromatic heterocycles. The lowest BCUT2D eigenvalue weighted by molar-refractivity contribution is 0.0932. The van der Waals surface area contributed by atoms with Gasteiger partial charge in [0.15, 0.2) is 0 Å². The van der Waals surface area contributed by atoms with E-state index in [-0.39, 0.29) is 11.9 Å². The maximum atomic E-state index is 12.6. The summed E-state index contributed by atoms with van der Waals surface area (Å²) in [7, 11) is 0. The molecule has 1 amide bonds. The van der Waals surface area contributed by atoms with E-state index in [0.29, 0.717) is 24.0 Å². The van der Waals surface area contributed by atoms with Crippen LogP contribution in [0.1, 0.15) is 53.2 Å². The van der Waals surface area contributed by atoms with E-state index in [2.05, 4.69) is 28.5 Å². The molecule has 0 saturated heterocycles. The quantitative estimate of drug-likeness (QED) is 0.913. The Morgan fingerprint density at radius 3 is 2.96 bits per heavy atom. The SMILES string of the molecule is O=C(NC1CCCc2ccccc21)c1ccnc(OCC2CC2)c1. The predicted octanol–water partition coefficient (Wildman–Crippen LogP) is 3.68. The molecule has 1 atom stereocenters. The highest BCUT2D eigenvalue weighted by Gasteiger charge is 2.23. The van der Waals surface area contributed by atoms with E-state index in [4.69, 9.17) is 4.74 Å². The molecule has 0 aliphatic heterocycles. The fraction of sp³-hybridized carbons (Fsp3) is 0.400. The van der Waals surface area contributed by atoms with E-state index in [0.717, 1.165) is 19.3 Å². The van der Waals surface area contributed by atoms with E-state index in [9.17, 15) is 4.79 Å². The first-order valence-corrected chi connectivity index (χ1v) is 8.77. The van der Waals surface area contributed by atoms with Crippen LogP contribution < -0.4 is 10.1 Å². The molecule has 2 aromatic rings. The van der Waals surface area contributed by atoms with Gasteiger partial charge in [-0.15, -0.1) is 0 Å². The van der Waals surface area contributed by atoms with Crippen molar-refractivity contribution in [2.45, 2.75) is 38.1 Å². The molecule has 4 nitrogen and oxygen atoms in total. The normalized spacial score (nSPS) is 19.4. The summed E-state index contributed by atoms with van der Waals surface area (Å²) in [5.41, 5.74) is 3.20. The number of amides is 1. The molecule has 4 heteroatoms. The molecule has 0 spiro atoms. The smallest absolute Gasteiger partial charge is 0.252 e. The molecule has 2 aliphatic carbocycles. The number of carbonyl (C=O) groups excluding carboxylic acids is 1. The molecule has 1 fully saturated rings. The fourth-order valence-electron chi connectivity index (χ4n) is 3.26. The molecule has 4 rings (SSSR count). The molecule has 1 unspecified atom stereocenters. The topological polar surface area (TPSA) is 51.2 Å². The summed E-state index contributed by atoms with van der Waals surface area (Å²) in [5, 5.41) is 3.17. The van der Waals surface area contributed by atoms with Gasteiger partial charge in [-0.05, 0) is 55.2 Å². The first-order chi connectivity index (χ1) is 11.8. The molecule has 124 valence electrons. The average molecular weight is 322 g/mol. The summed E-state index contributed by atoms with van der Waals surface area (Å²) >= 11 is 0. The summed E-state index contributed by atoms with van der Waals surface area (Å²) in [6.07, 6.45) is 7.30. The predicted molar refractivity (Wildman–Crippen MR) is 92.0 cm³/mol. The van der Waals surface area contributed by atoms with Crippen molar-refractivity contribution in [2.75, 3.05) is 6.61 Å². The Morgan fingerprint density at radius 1 is 1.21 bits per heavy atom. The second-order valence-corrected chi connectivity index (χ2v) is 6.75. The van der Waals surface area contributed by atoms with Crippen LogP contribution in [0.25, 0.3) is 0 Å². The van der Waals surface area contributed by atoms with Crippen molar-refractivity contribution in [1.29, 1.82) is 0 Å². The molecule has 24 heavy (non-hydrogen) atoms. The van der Waals surface area contributed by atoms with Crippen LogP contribution in [0.3, 0.4) is 0 Å². The van der Waals surface area contributed by atoms with Gasteiger partial charge in [0.1, 0.15) is 0 Å². The van der Waals surface area contributed by atoms with Gasteiger partial charge in [-0.3, -0.25) is 4.79 Å². The van der Waals surface area contributed by atoms with Gasteiger partial charge in [0.2, 0.25) is 5.88 Å². The summed E-state index contributed by atoms with van der Waals surface area (Å²) in [5.74, 6) is 1.15. The molecule has 1 saturated carbocycles. The fourth-order valence-corrected chi connectivity index (χ4v) is 3.26.